The van der Waals surface area contributed by atoms with E-state index in [2.05, 4.69) is 15.5 Å². The molecule has 37 heavy (non-hydrogen) atoms. The van der Waals surface area contributed by atoms with Crippen LogP contribution in [0.3, 0.4) is 0 Å². The lowest BCUT2D eigenvalue weighted by Gasteiger charge is -2.49. The number of rotatable bonds is 7. The number of thioether (sulfide) groups is 1. The molecule has 3 aromatic rings. The number of β-lactam (4-membered cyclic amide) rings is 1. The van der Waals surface area contributed by atoms with Gasteiger partial charge in [0.25, 0.3) is 11.8 Å². The van der Waals surface area contributed by atoms with E-state index in [-0.39, 0.29) is 34.5 Å². The summed E-state index contributed by atoms with van der Waals surface area (Å²) in [5.74, 6) is -1.99. The molecule has 190 valence electrons. The van der Waals surface area contributed by atoms with E-state index in [9.17, 15) is 24.6 Å². The minimum atomic E-state index is -1.23. The number of nitrogens with two attached hydrogens (primary N) is 1. The normalized spacial score (nSPS) is 19.4. The van der Waals surface area contributed by atoms with Gasteiger partial charge in [0, 0.05) is 28.8 Å². The number of aliphatic carboxylic acids is 1. The summed E-state index contributed by atoms with van der Waals surface area (Å²) >= 11 is 2.48. The van der Waals surface area contributed by atoms with Gasteiger partial charge in [-0.1, -0.05) is 5.16 Å². The van der Waals surface area contributed by atoms with Gasteiger partial charge in [0.1, 0.15) is 35.7 Å². The Morgan fingerprint density at radius 2 is 2.19 bits per heavy atom. The molecule has 0 bridgehead atoms. The largest absolute Gasteiger partial charge is 0.508 e. The second kappa shape index (κ2) is 9.71. The van der Waals surface area contributed by atoms with Crippen LogP contribution in [0.1, 0.15) is 5.69 Å². The van der Waals surface area contributed by atoms with Gasteiger partial charge in [-0.25, -0.2) is 9.78 Å². The quantitative estimate of drug-likeness (QED) is 0.145. The van der Waals surface area contributed by atoms with E-state index in [1.165, 1.54) is 23.8 Å². The lowest BCUT2D eigenvalue weighted by atomic mass is 10.0. The number of carbonyl (C=O) groups is 3. The Hall–Kier alpha value is -4.17. The number of anilines is 1. The Balaban J connectivity index is 1.39. The van der Waals surface area contributed by atoms with Gasteiger partial charge in [0.05, 0.1) is 5.39 Å². The summed E-state index contributed by atoms with van der Waals surface area (Å²) in [4.78, 5) is 48.3. The standard InChI is InChI=1S/C23H20N6O6S2/c1-35-27-16(14-10-37-23(24)25-14)19(31)26-17-20(32)29-18(22(33)34)12(9-36-21(17)29)8-28-6-2-3-11-7-13(30)4-5-15(11)28/h2-7,10,17,21H,8-9H2,1H3,(H4-,24,25,26,30,31,33,34)/p+1/b27-16-/t17-,21-/m1/s1. The fourth-order valence-corrected chi connectivity index (χ4v) is 6.20. The molecule has 2 amide bonds. The molecule has 0 radical (unpaired) electrons. The number of thiazole rings is 1. The first-order valence-corrected chi connectivity index (χ1v) is 12.9. The highest BCUT2D eigenvalue weighted by Gasteiger charge is 2.54. The number of aromatic nitrogens is 2. The van der Waals surface area contributed by atoms with Crippen LogP contribution in [0.2, 0.25) is 0 Å². The van der Waals surface area contributed by atoms with Crippen molar-refractivity contribution in [1.29, 1.82) is 0 Å². The van der Waals surface area contributed by atoms with Crippen molar-refractivity contribution in [2.75, 3.05) is 18.6 Å². The van der Waals surface area contributed by atoms with Crippen molar-refractivity contribution in [2.45, 2.75) is 18.0 Å². The number of amides is 2. The highest BCUT2D eigenvalue weighted by atomic mass is 32.2. The average Bonchev–Trinajstić information content (AvgIpc) is 3.30. The van der Waals surface area contributed by atoms with Crippen molar-refractivity contribution in [1.82, 2.24) is 15.2 Å². The Morgan fingerprint density at radius 3 is 2.89 bits per heavy atom. The van der Waals surface area contributed by atoms with Crippen molar-refractivity contribution in [3.63, 3.8) is 0 Å². The molecule has 14 heteroatoms. The van der Waals surface area contributed by atoms with E-state index in [4.69, 9.17) is 10.6 Å². The number of nitrogens with one attached hydrogen (secondary N) is 1. The number of carboxylic acid groups (broad SMARTS) is 1. The molecule has 5 rings (SSSR count). The van der Waals surface area contributed by atoms with Crippen LogP contribution in [-0.4, -0.2) is 67.9 Å². The van der Waals surface area contributed by atoms with Crippen LogP contribution in [0.15, 0.2) is 58.3 Å². The monoisotopic (exact) mass is 541 g/mol. The molecule has 12 nitrogen and oxygen atoms in total. The summed E-state index contributed by atoms with van der Waals surface area (Å²) in [6, 6.07) is 7.63. The highest BCUT2D eigenvalue weighted by molar-refractivity contribution is 8.00. The molecule has 0 aliphatic carbocycles. The first kappa shape index (κ1) is 24.5. The van der Waals surface area contributed by atoms with Gasteiger partial charge in [-0.15, -0.1) is 23.1 Å². The molecule has 1 saturated heterocycles. The maximum Gasteiger partial charge on any atom is 0.352 e. The Morgan fingerprint density at radius 1 is 1.38 bits per heavy atom. The summed E-state index contributed by atoms with van der Waals surface area (Å²) in [7, 11) is 1.28. The predicted molar refractivity (Wildman–Crippen MR) is 136 cm³/mol. The van der Waals surface area contributed by atoms with Crippen LogP contribution in [0.25, 0.3) is 10.9 Å². The molecular formula is C23H21N6O6S2+. The van der Waals surface area contributed by atoms with Crippen LogP contribution in [0.5, 0.6) is 5.75 Å². The van der Waals surface area contributed by atoms with E-state index in [1.807, 2.05) is 16.8 Å². The zero-order valence-corrected chi connectivity index (χ0v) is 21.0. The maximum absolute atomic E-state index is 13.1. The molecular weight excluding hydrogens is 520 g/mol. The van der Waals surface area contributed by atoms with Crippen LogP contribution in [0.4, 0.5) is 5.13 Å². The third-order valence-electron chi connectivity index (χ3n) is 5.92. The number of hydrogen-bond donors (Lipinski definition) is 4. The average molecular weight is 542 g/mol. The Labute approximate surface area is 218 Å². The van der Waals surface area contributed by atoms with Crippen molar-refractivity contribution in [3.05, 3.63) is 58.9 Å². The van der Waals surface area contributed by atoms with Gasteiger partial charge in [-0.3, -0.25) is 14.5 Å². The number of fused-ring (bicyclic) bond motifs is 2. The number of carboxylic acids is 1. The molecule has 2 aliphatic heterocycles. The summed E-state index contributed by atoms with van der Waals surface area (Å²) in [6.45, 7) is 0.236. The van der Waals surface area contributed by atoms with Gasteiger partial charge < -0.3 is 26.1 Å². The summed E-state index contributed by atoms with van der Waals surface area (Å²) in [5, 5.41) is 28.1. The van der Waals surface area contributed by atoms with Gasteiger partial charge in [-0.05, 0) is 18.2 Å². The minimum Gasteiger partial charge on any atom is -0.508 e. The second-order valence-corrected chi connectivity index (χ2v) is 10.2. The number of phenols is 1. The summed E-state index contributed by atoms with van der Waals surface area (Å²) in [6.07, 6.45) is 1.81. The number of pyridine rings is 1. The highest BCUT2D eigenvalue weighted by Crippen LogP contribution is 2.40. The third-order valence-corrected chi connectivity index (χ3v) is 7.94. The number of hydrogen-bond acceptors (Lipinski definition) is 10. The van der Waals surface area contributed by atoms with E-state index in [0.29, 0.717) is 11.3 Å². The van der Waals surface area contributed by atoms with E-state index in [1.54, 1.807) is 29.6 Å². The number of nitrogen functional groups attached to an aromatic ring is 1. The molecule has 0 unspecified atom stereocenters. The summed E-state index contributed by atoms with van der Waals surface area (Å²) in [5.41, 5.74) is 6.97. The van der Waals surface area contributed by atoms with Crippen molar-refractivity contribution >= 4 is 62.6 Å². The van der Waals surface area contributed by atoms with Gasteiger partial charge >= 0.3 is 5.97 Å². The maximum atomic E-state index is 13.1. The first-order chi connectivity index (χ1) is 17.8. The molecule has 4 heterocycles. The van der Waals surface area contributed by atoms with Crippen molar-refractivity contribution in [2.24, 2.45) is 5.16 Å². The van der Waals surface area contributed by atoms with E-state index >= 15 is 0 Å². The zero-order valence-electron chi connectivity index (χ0n) is 19.3. The van der Waals surface area contributed by atoms with Crippen LogP contribution in [-0.2, 0) is 25.8 Å². The van der Waals surface area contributed by atoms with Crippen LogP contribution in [0, 0.1) is 0 Å². The second-order valence-electron chi connectivity index (χ2n) is 8.19. The Bertz CT molecular complexity index is 1500. The molecule has 2 atom stereocenters. The third kappa shape index (κ3) is 4.44. The number of phenolic OH excluding ortho intramolecular Hbond substituents is 1. The smallest absolute Gasteiger partial charge is 0.352 e. The number of nitrogens with zero attached hydrogens (tertiary/aromatic N) is 4. The molecule has 0 spiro atoms. The van der Waals surface area contributed by atoms with Crippen molar-refractivity contribution in [3.8, 4) is 5.75 Å². The first-order valence-electron chi connectivity index (χ1n) is 10.9. The van der Waals surface area contributed by atoms with Crippen LogP contribution >= 0.6 is 23.1 Å². The summed E-state index contributed by atoms with van der Waals surface area (Å²) < 4.78 is 1.87. The lowest BCUT2D eigenvalue weighted by molar-refractivity contribution is -0.663. The molecule has 2 aliphatic rings. The van der Waals surface area contributed by atoms with Gasteiger partial charge in [0.2, 0.25) is 5.52 Å². The lowest BCUT2D eigenvalue weighted by Crippen LogP contribution is -2.71. The van der Waals surface area contributed by atoms with Crippen molar-refractivity contribution < 1.29 is 34.0 Å². The molecule has 1 fully saturated rings. The van der Waals surface area contributed by atoms with Crippen LogP contribution < -0.4 is 15.6 Å². The van der Waals surface area contributed by atoms with Gasteiger partial charge in [-0.2, -0.15) is 4.57 Å². The number of oxime groups is 1. The molecule has 1 aromatic carbocycles. The Kier molecular flexibility index (Phi) is 6.43. The van der Waals surface area contributed by atoms with Gasteiger partial charge in [0.15, 0.2) is 23.6 Å². The predicted octanol–water partition coefficient (Wildman–Crippen LogP) is 0.661. The molecule has 0 saturated carbocycles. The zero-order chi connectivity index (χ0) is 26.3. The topological polar surface area (TPSA) is 171 Å². The number of aromatic hydroxyl groups is 1. The number of carbonyl (C=O) groups excluding carboxylic acids is 2. The van der Waals surface area contributed by atoms with E-state index < -0.39 is 29.2 Å². The number of benzene rings is 1. The fourth-order valence-electron chi connectivity index (χ4n) is 4.32. The molecule has 5 N–H and O–H groups in total. The minimum absolute atomic E-state index is 0.0967. The fraction of sp³-hybridized carbons (Fsp3) is 0.217. The SMILES string of the molecule is CO/N=C(\C(=O)N[C@@H]1C(=O)N2C(C(=O)O)=C(C[n+]3cccc4cc(O)ccc43)CS[C@H]12)c1csc(N)n1. The molecule has 2 aromatic heterocycles. The van der Waals surface area contributed by atoms with E-state index in [0.717, 1.165) is 22.2 Å².